The van der Waals surface area contributed by atoms with Crippen molar-refractivity contribution in [1.29, 1.82) is 10.5 Å². The standard InChI is InChI=1S/C5HN5O2.Na/c6-1-3-5(2-7,4(11)12)9-10-8-3;/h(H,11,12);/q;+1/p-1. The van der Waals surface area contributed by atoms with Gasteiger partial charge in [-0.1, -0.05) is 0 Å². The van der Waals surface area contributed by atoms with Gasteiger partial charge in [0.25, 0.3) is 5.54 Å². The molecule has 1 rings (SSSR count). The maximum atomic E-state index is 10.4. The van der Waals surface area contributed by atoms with E-state index in [0.717, 1.165) is 0 Å². The first kappa shape index (κ1) is 11.7. The van der Waals surface area contributed by atoms with Crippen molar-refractivity contribution in [2.45, 2.75) is 5.54 Å². The summed E-state index contributed by atoms with van der Waals surface area (Å²) in [7, 11) is 0. The van der Waals surface area contributed by atoms with E-state index in [1.165, 1.54) is 12.1 Å². The number of rotatable bonds is 1. The number of carbonyl (C=O) groups is 1. The van der Waals surface area contributed by atoms with E-state index in [1.54, 1.807) is 0 Å². The summed E-state index contributed by atoms with van der Waals surface area (Å²) in [5.74, 6) is -1.80. The molecule has 0 spiro atoms. The topological polar surface area (TPSA) is 125 Å². The second-order valence-corrected chi connectivity index (χ2v) is 1.86. The molecule has 0 aliphatic carbocycles. The van der Waals surface area contributed by atoms with Gasteiger partial charge in [0.2, 0.25) is 0 Å². The molecule has 0 N–H and O–H groups in total. The van der Waals surface area contributed by atoms with Crippen molar-refractivity contribution < 1.29 is 39.5 Å². The van der Waals surface area contributed by atoms with Gasteiger partial charge < -0.3 is 9.90 Å². The smallest absolute Gasteiger partial charge is 0.546 e. The van der Waals surface area contributed by atoms with E-state index in [4.69, 9.17) is 10.5 Å². The third-order valence-corrected chi connectivity index (χ3v) is 1.25. The number of hydrogen-bond acceptors (Lipinski definition) is 7. The SMILES string of the molecule is N#CC1=NN=NC1(C#N)C(=O)[O-].[Na+]. The van der Waals surface area contributed by atoms with Gasteiger partial charge in [-0.25, -0.2) is 0 Å². The van der Waals surface area contributed by atoms with E-state index in [1.807, 2.05) is 0 Å². The van der Waals surface area contributed by atoms with Gasteiger partial charge in [-0.15, -0.1) is 10.2 Å². The normalized spacial score (nSPS) is 23.7. The molecule has 0 saturated carbocycles. The van der Waals surface area contributed by atoms with Crippen molar-refractivity contribution >= 4 is 11.7 Å². The van der Waals surface area contributed by atoms with E-state index in [-0.39, 0.29) is 29.6 Å². The third-order valence-electron chi connectivity index (χ3n) is 1.25. The average molecular weight is 185 g/mol. The van der Waals surface area contributed by atoms with Gasteiger partial charge in [0.1, 0.15) is 12.1 Å². The molecule has 0 bridgehead atoms. The van der Waals surface area contributed by atoms with Gasteiger partial charge in [0.15, 0.2) is 5.71 Å². The summed E-state index contributed by atoms with van der Waals surface area (Å²) in [6.45, 7) is 0. The fraction of sp³-hybridized carbons (Fsp3) is 0.200. The van der Waals surface area contributed by atoms with E-state index in [0.29, 0.717) is 0 Å². The molecular weight excluding hydrogens is 185 g/mol. The predicted molar refractivity (Wildman–Crippen MR) is 31.3 cm³/mol. The van der Waals surface area contributed by atoms with E-state index < -0.39 is 17.2 Å². The number of carbonyl (C=O) groups excluding carboxylic acids is 1. The fourth-order valence-electron chi connectivity index (χ4n) is 0.616. The van der Waals surface area contributed by atoms with Crippen LogP contribution >= 0.6 is 0 Å². The Kier molecular flexibility index (Phi) is 3.69. The molecule has 0 saturated heterocycles. The van der Waals surface area contributed by atoms with Crippen LogP contribution in [0.25, 0.3) is 0 Å². The van der Waals surface area contributed by atoms with Crippen LogP contribution in [0.15, 0.2) is 15.4 Å². The molecule has 0 fully saturated rings. The molecule has 13 heavy (non-hydrogen) atoms. The van der Waals surface area contributed by atoms with Gasteiger partial charge in [-0.05, 0) is 5.22 Å². The fourth-order valence-corrected chi connectivity index (χ4v) is 0.616. The zero-order valence-corrected chi connectivity index (χ0v) is 8.55. The zero-order chi connectivity index (χ0) is 9.19. The second-order valence-electron chi connectivity index (χ2n) is 1.86. The zero-order valence-electron chi connectivity index (χ0n) is 6.55. The van der Waals surface area contributed by atoms with Gasteiger partial charge in [-0.3, -0.25) is 0 Å². The largest absolute Gasteiger partial charge is 1.00 e. The summed E-state index contributed by atoms with van der Waals surface area (Å²) in [6, 6.07) is 2.71. The average Bonchev–Trinajstić information content (AvgIpc) is 2.47. The quantitative estimate of drug-likeness (QED) is 0.380. The molecule has 0 amide bonds. The molecule has 0 aromatic heterocycles. The van der Waals surface area contributed by atoms with E-state index in [9.17, 15) is 9.90 Å². The van der Waals surface area contributed by atoms with Crippen LogP contribution in [0.1, 0.15) is 0 Å². The van der Waals surface area contributed by atoms with Crippen molar-refractivity contribution in [3.05, 3.63) is 0 Å². The van der Waals surface area contributed by atoms with Crippen LogP contribution in [0, 0.1) is 22.7 Å². The first-order valence-electron chi connectivity index (χ1n) is 2.70. The molecular formula is C5N5NaO2. The minimum Gasteiger partial charge on any atom is -0.546 e. The molecule has 1 heterocycles. The summed E-state index contributed by atoms with van der Waals surface area (Å²) >= 11 is 0. The molecule has 58 valence electrons. The van der Waals surface area contributed by atoms with Gasteiger partial charge in [0.05, 0.1) is 5.97 Å². The summed E-state index contributed by atoms with van der Waals surface area (Å²) in [6.07, 6.45) is 0. The van der Waals surface area contributed by atoms with Crippen molar-refractivity contribution in [2.75, 3.05) is 0 Å². The summed E-state index contributed by atoms with van der Waals surface area (Å²) in [5.41, 5.74) is -2.92. The van der Waals surface area contributed by atoms with Crippen molar-refractivity contribution in [3.8, 4) is 12.1 Å². The Labute approximate surface area is 94.7 Å². The van der Waals surface area contributed by atoms with E-state index in [2.05, 4.69) is 15.4 Å². The number of carboxylic acids is 1. The van der Waals surface area contributed by atoms with Gasteiger partial charge in [0, 0.05) is 0 Å². The maximum absolute atomic E-state index is 10.4. The first-order chi connectivity index (χ1) is 5.67. The molecule has 7 nitrogen and oxygen atoms in total. The summed E-state index contributed by atoms with van der Waals surface area (Å²) in [4.78, 5) is 10.4. The Bertz CT molecular complexity index is 375. The Balaban J connectivity index is 0.00000144. The van der Waals surface area contributed by atoms with Crippen LogP contribution in [-0.4, -0.2) is 17.2 Å². The van der Waals surface area contributed by atoms with Crippen LogP contribution in [0.2, 0.25) is 0 Å². The van der Waals surface area contributed by atoms with Crippen molar-refractivity contribution in [2.24, 2.45) is 15.4 Å². The number of aliphatic carboxylic acids is 1. The third kappa shape index (κ3) is 1.58. The molecule has 1 unspecified atom stereocenters. The number of nitrogens with zero attached hydrogens (tertiary/aromatic N) is 5. The molecule has 0 radical (unpaired) electrons. The molecule has 8 heteroatoms. The molecule has 1 aliphatic rings. The monoisotopic (exact) mass is 185 g/mol. The number of carboxylic acid groups (broad SMARTS) is 1. The van der Waals surface area contributed by atoms with Gasteiger partial charge in [-0.2, -0.15) is 10.5 Å². The molecule has 1 atom stereocenters. The summed E-state index contributed by atoms with van der Waals surface area (Å²) < 4.78 is 0. The minimum atomic E-state index is -2.34. The van der Waals surface area contributed by atoms with Gasteiger partial charge >= 0.3 is 29.6 Å². The Morgan fingerprint density at radius 3 is 2.46 bits per heavy atom. The number of nitriles is 2. The van der Waals surface area contributed by atoms with Crippen molar-refractivity contribution in [3.63, 3.8) is 0 Å². The van der Waals surface area contributed by atoms with Crippen LogP contribution in [0.5, 0.6) is 0 Å². The number of hydrogen-bond donors (Lipinski definition) is 0. The molecule has 0 aromatic rings. The van der Waals surface area contributed by atoms with E-state index >= 15 is 0 Å². The molecule has 1 aliphatic heterocycles. The maximum Gasteiger partial charge on any atom is 1.00 e. The van der Waals surface area contributed by atoms with Crippen LogP contribution in [0.4, 0.5) is 0 Å². The predicted octanol–water partition coefficient (Wildman–Crippen LogP) is -4.65. The van der Waals surface area contributed by atoms with Crippen LogP contribution in [-0.2, 0) is 4.79 Å². The Hall–Kier alpha value is -1.28. The Morgan fingerprint density at radius 2 is 2.15 bits per heavy atom. The molecule has 0 aromatic carbocycles. The van der Waals surface area contributed by atoms with Crippen LogP contribution < -0.4 is 34.7 Å². The summed E-state index contributed by atoms with van der Waals surface area (Å²) in [5, 5.41) is 36.2. The first-order valence-corrected chi connectivity index (χ1v) is 2.70. The second kappa shape index (κ2) is 4.10. The minimum absolute atomic E-state index is 0. The van der Waals surface area contributed by atoms with Crippen LogP contribution in [0.3, 0.4) is 0 Å². The van der Waals surface area contributed by atoms with Crippen molar-refractivity contribution in [1.82, 2.24) is 0 Å². The Morgan fingerprint density at radius 1 is 1.54 bits per heavy atom.